The first-order chi connectivity index (χ1) is 14.3. The van der Waals surface area contributed by atoms with Gasteiger partial charge >= 0.3 is 0 Å². The molecule has 2 bridgehead atoms. The van der Waals surface area contributed by atoms with E-state index in [2.05, 4.69) is 5.32 Å². The van der Waals surface area contributed by atoms with E-state index >= 15 is 0 Å². The van der Waals surface area contributed by atoms with Crippen molar-refractivity contribution in [3.8, 4) is 0 Å². The van der Waals surface area contributed by atoms with Gasteiger partial charge in [-0.15, -0.1) is 0 Å². The van der Waals surface area contributed by atoms with Gasteiger partial charge in [-0.05, 0) is 12.5 Å². The van der Waals surface area contributed by atoms with E-state index in [1.807, 2.05) is 0 Å². The number of piperazine rings is 1. The Labute approximate surface area is 168 Å². The Hall–Kier alpha value is -3.30. The lowest BCUT2D eigenvalue weighted by Crippen LogP contribution is -2.54. The number of nitrogens with one attached hydrogen (secondary N) is 1. The monoisotopic (exact) mass is 423 g/mol. The van der Waals surface area contributed by atoms with Crippen molar-refractivity contribution in [3.05, 3.63) is 70.3 Å². The zero-order valence-corrected chi connectivity index (χ0v) is 15.6. The van der Waals surface area contributed by atoms with Gasteiger partial charge in [0.25, 0.3) is 5.91 Å². The molecule has 3 aliphatic rings. The molecule has 3 aliphatic heterocycles. The number of rotatable bonds is 3. The molecule has 4 rings (SSSR count). The number of carbonyl (C=O) groups excluding carboxylic acids is 2. The van der Waals surface area contributed by atoms with Crippen LogP contribution in [0.25, 0.3) is 0 Å². The van der Waals surface area contributed by atoms with E-state index in [0.29, 0.717) is 25.1 Å². The van der Waals surface area contributed by atoms with E-state index in [1.165, 1.54) is 22.1 Å². The average Bonchev–Trinajstić information content (AvgIpc) is 2.84. The Bertz CT molecular complexity index is 1010. The Morgan fingerprint density at radius 2 is 1.90 bits per heavy atom. The molecule has 0 spiro atoms. The summed E-state index contributed by atoms with van der Waals surface area (Å²) in [6.07, 6.45) is 2.66. The Balaban J connectivity index is 1.57. The molecule has 10 heteroatoms. The summed E-state index contributed by atoms with van der Waals surface area (Å²) in [7, 11) is 0. The molecule has 1 aromatic carbocycles. The lowest BCUT2D eigenvalue weighted by molar-refractivity contribution is -0.132. The number of nitrogens with zero attached hydrogens (tertiary/aromatic N) is 2. The fourth-order valence-electron chi connectivity index (χ4n) is 3.77. The van der Waals surface area contributed by atoms with E-state index in [1.54, 1.807) is 0 Å². The van der Waals surface area contributed by atoms with Crippen LogP contribution < -0.4 is 5.32 Å². The maximum Gasteiger partial charge on any atom is 0.274 e. The second kappa shape index (κ2) is 7.51. The summed E-state index contributed by atoms with van der Waals surface area (Å²) in [4.78, 5) is 27.8. The van der Waals surface area contributed by atoms with Crippen LogP contribution in [0.3, 0.4) is 0 Å². The number of aliphatic hydroxyl groups excluding tert-OH is 1. The van der Waals surface area contributed by atoms with Crippen molar-refractivity contribution in [2.24, 2.45) is 0 Å². The van der Waals surface area contributed by atoms with E-state index < -0.39 is 59.0 Å². The van der Waals surface area contributed by atoms with Crippen molar-refractivity contribution in [1.29, 1.82) is 0 Å². The molecule has 0 aromatic heterocycles. The van der Waals surface area contributed by atoms with Crippen LogP contribution in [0.2, 0.25) is 0 Å². The van der Waals surface area contributed by atoms with Crippen LogP contribution in [0.4, 0.5) is 17.6 Å². The number of carbonyl (C=O) groups is 2. The molecule has 2 amide bonds. The number of aliphatic hydroxyl groups is 1. The number of allylic oxidation sites excluding steroid dienone is 1. The smallest absolute Gasteiger partial charge is 0.274 e. The van der Waals surface area contributed by atoms with Crippen LogP contribution in [0.1, 0.15) is 18.4 Å². The zero-order chi connectivity index (χ0) is 21.6. The highest BCUT2D eigenvalue weighted by Gasteiger charge is 2.42. The first-order valence-corrected chi connectivity index (χ1v) is 9.24. The average molecular weight is 423 g/mol. The summed E-state index contributed by atoms with van der Waals surface area (Å²) in [5.74, 6) is -5.49. The molecule has 0 saturated carbocycles. The SMILES string of the molecule is O=C(NCc1c(F)cc(F)cc1F)C1=CN2C(=C(O)C1)C(=O)N1CCC=C(F)C2C1. The van der Waals surface area contributed by atoms with Crippen LogP contribution in [-0.2, 0) is 16.1 Å². The molecule has 2 N–H and O–H groups in total. The molecule has 0 radical (unpaired) electrons. The first kappa shape index (κ1) is 20.0. The Kier molecular flexibility index (Phi) is 5.00. The Morgan fingerprint density at radius 3 is 2.60 bits per heavy atom. The maximum absolute atomic E-state index is 14.5. The second-order valence-electron chi connectivity index (χ2n) is 7.21. The van der Waals surface area contributed by atoms with Crippen LogP contribution in [-0.4, -0.2) is 45.9 Å². The molecule has 1 atom stereocenters. The van der Waals surface area contributed by atoms with Crippen molar-refractivity contribution < 1.29 is 32.3 Å². The van der Waals surface area contributed by atoms with Crippen molar-refractivity contribution in [2.75, 3.05) is 13.1 Å². The van der Waals surface area contributed by atoms with Crippen molar-refractivity contribution in [2.45, 2.75) is 25.4 Å². The second-order valence-corrected chi connectivity index (χ2v) is 7.21. The van der Waals surface area contributed by atoms with Gasteiger partial charge < -0.3 is 20.2 Å². The fourth-order valence-corrected chi connectivity index (χ4v) is 3.77. The van der Waals surface area contributed by atoms with E-state index in [4.69, 9.17) is 0 Å². The van der Waals surface area contributed by atoms with Gasteiger partial charge in [0, 0.05) is 55.5 Å². The van der Waals surface area contributed by atoms with Gasteiger partial charge in [-0.25, -0.2) is 17.6 Å². The van der Waals surface area contributed by atoms with Gasteiger partial charge in [0.15, 0.2) is 0 Å². The standard InChI is InChI=1S/C20H17F4N3O3/c21-11-5-14(23)12(15(24)6-11)7-25-19(29)10-4-17(28)18-20(30)26-3-1-2-13(22)16(9-26)27(18)8-10/h2,5-6,8,16,28H,1,3-4,7,9H2,(H,25,29). The summed E-state index contributed by atoms with van der Waals surface area (Å²) < 4.78 is 55.0. The molecule has 1 aromatic rings. The van der Waals surface area contributed by atoms with Crippen molar-refractivity contribution in [1.82, 2.24) is 15.1 Å². The molecule has 1 fully saturated rings. The topological polar surface area (TPSA) is 72.9 Å². The third-order valence-corrected chi connectivity index (χ3v) is 5.28. The van der Waals surface area contributed by atoms with E-state index in [9.17, 15) is 32.3 Å². The van der Waals surface area contributed by atoms with E-state index in [-0.39, 0.29) is 24.2 Å². The molecule has 3 heterocycles. The third kappa shape index (κ3) is 3.42. The molecular formula is C20H17F4N3O3. The van der Waals surface area contributed by atoms with Gasteiger partial charge in [0.1, 0.15) is 40.8 Å². The van der Waals surface area contributed by atoms with Gasteiger partial charge in [0.2, 0.25) is 5.91 Å². The predicted octanol–water partition coefficient (Wildman–Crippen LogP) is 2.55. The highest BCUT2D eigenvalue weighted by atomic mass is 19.1. The number of amides is 2. The number of hydrogen-bond acceptors (Lipinski definition) is 4. The van der Waals surface area contributed by atoms with Gasteiger partial charge in [-0.3, -0.25) is 9.59 Å². The van der Waals surface area contributed by atoms with Gasteiger partial charge in [0.05, 0.1) is 0 Å². The molecule has 158 valence electrons. The molecule has 6 nitrogen and oxygen atoms in total. The number of halogens is 4. The highest BCUT2D eigenvalue weighted by molar-refractivity contribution is 5.98. The molecule has 30 heavy (non-hydrogen) atoms. The quantitative estimate of drug-likeness (QED) is 0.733. The summed E-state index contributed by atoms with van der Waals surface area (Å²) in [6.45, 7) is -0.176. The number of benzene rings is 1. The normalized spacial score (nSPS) is 21.1. The fraction of sp³-hybridized carbons (Fsp3) is 0.300. The largest absolute Gasteiger partial charge is 0.510 e. The van der Waals surface area contributed by atoms with E-state index in [0.717, 1.165) is 0 Å². The first-order valence-electron chi connectivity index (χ1n) is 9.24. The van der Waals surface area contributed by atoms with Crippen molar-refractivity contribution >= 4 is 11.8 Å². The van der Waals surface area contributed by atoms with Crippen molar-refractivity contribution in [3.63, 3.8) is 0 Å². The maximum atomic E-state index is 14.5. The van der Waals surface area contributed by atoms with Crippen LogP contribution in [0, 0.1) is 17.5 Å². The number of fused-ring (bicyclic) bond motifs is 4. The lowest BCUT2D eigenvalue weighted by Gasteiger charge is -2.42. The third-order valence-electron chi connectivity index (χ3n) is 5.28. The number of hydrogen-bond donors (Lipinski definition) is 2. The molecular weight excluding hydrogens is 406 g/mol. The summed E-state index contributed by atoms with van der Waals surface area (Å²) >= 11 is 0. The molecule has 1 saturated heterocycles. The minimum absolute atomic E-state index is 0.0162. The summed E-state index contributed by atoms with van der Waals surface area (Å²) in [5, 5.41) is 12.7. The molecule has 1 unspecified atom stereocenters. The van der Waals surface area contributed by atoms with Crippen LogP contribution >= 0.6 is 0 Å². The molecule has 0 aliphatic carbocycles. The minimum atomic E-state index is -1.15. The Morgan fingerprint density at radius 1 is 1.20 bits per heavy atom. The summed E-state index contributed by atoms with van der Waals surface area (Å²) in [5.41, 5.74) is -0.635. The van der Waals surface area contributed by atoms with Gasteiger partial charge in [-0.2, -0.15) is 0 Å². The minimum Gasteiger partial charge on any atom is -0.510 e. The highest BCUT2D eigenvalue weighted by Crippen LogP contribution is 2.35. The predicted molar refractivity (Wildman–Crippen MR) is 96.5 cm³/mol. The lowest BCUT2D eigenvalue weighted by atomic mass is 10.00. The van der Waals surface area contributed by atoms with Gasteiger partial charge in [-0.1, -0.05) is 0 Å². The van der Waals surface area contributed by atoms with Crippen LogP contribution in [0.15, 0.2) is 47.3 Å². The summed E-state index contributed by atoms with van der Waals surface area (Å²) in [6, 6.07) is 0.118. The van der Waals surface area contributed by atoms with Crippen LogP contribution in [0.5, 0.6) is 0 Å². The zero-order valence-electron chi connectivity index (χ0n) is 15.6.